The van der Waals surface area contributed by atoms with E-state index in [-0.39, 0.29) is 46.9 Å². The first-order chi connectivity index (χ1) is 12.0. The van der Waals surface area contributed by atoms with Crippen LogP contribution < -0.4 is 9.64 Å². The first-order valence-electron chi connectivity index (χ1n) is 8.41. The van der Waals surface area contributed by atoms with Crippen molar-refractivity contribution in [3.8, 4) is 5.75 Å². The molecule has 1 aromatic carbocycles. The van der Waals surface area contributed by atoms with E-state index in [0.29, 0.717) is 17.6 Å². The molecule has 1 aliphatic heterocycles. The number of hydrogen-bond acceptors (Lipinski definition) is 5. The molecule has 7 nitrogen and oxygen atoms in total. The van der Waals surface area contributed by atoms with Crippen molar-refractivity contribution in [2.45, 2.75) is 6.42 Å². The van der Waals surface area contributed by atoms with Crippen LogP contribution in [0.1, 0.15) is 6.42 Å². The van der Waals surface area contributed by atoms with E-state index < -0.39 is 4.92 Å². The molecule has 2 bridgehead atoms. The largest absolute Gasteiger partial charge is 0.496 e. The number of benzene rings is 1. The van der Waals surface area contributed by atoms with Gasteiger partial charge >= 0.3 is 0 Å². The Hall–Kier alpha value is -2.70. The van der Waals surface area contributed by atoms with E-state index in [2.05, 4.69) is 12.2 Å². The summed E-state index contributed by atoms with van der Waals surface area (Å²) in [5.74, 6) is 0.173. The number of rotatable bonds is 3. The van der Waals surface area contributed by atoms with Gasteiger partial charge in [0, 0.05) is 0 Å². The van der Waals surface area contributed by atoms with Crippen molar-refractivity contribution in [2.75, 3.05) is 12.0 Å². The molecule has 6 atom stereocenters. The lowest BCUT2D eigenvalue weighted by Crippen LogP contribution is -2.40. The van der Waals surface area contributed by atoms with Gasteiger partial charge in [0.25, 0.3) is 5.69 Å². The number of imide groups is 1. The van der Waals surface area contributed by atoms with E-state index in [4.69, 9.17) is 4.74 Å². The van der Waals surface area contributed by atoms with Gasteiger partial charge in [-0.15, -0.1) is 0 Å². The fourth-order valence-electron chi connectivity index (χ4n) is 5.16. The summed E-state index contributed by atoms with van der Waals surface area (Å²) in [5, 5.41) is 11.5. The Balaban J connectivity index is 1.60. The van der Waals surface area contributed by atoms with E-state index >= 15 is 0 Å². The van der Waals surface area contributed by atoms with Gasteiger partial charge in [0.05, 0.1) is 29.9 Å². The molecule has 1 heterocycles. The molecule has 25 heavy (non-hydrogen) atoms. The van der Waals surface area contributed by atoms with Crippen molar-refractivity contribution in [3.63, 3.8) is 0 Å². The molecule has 128 valence electrons. The molecule has 6 rings (SSSR count). The second kappa shape index (κ2) is 4.68. The first kappa shape index (κ1) is 14.6. The lowest BCUT2D eigenvalue weighted by molar-refractivity contribution is -0.384. The zero-order valence-electron chi connectivity index (χ0n) is 13.5. The maximum Gasteiger partial charge on any atom is 0.297 e. The maximum atomic E-state index is 13.1. The number of carbonyl (C=O) groups is 2. The van der Waals surface area contributed by atoms with E-state index in [1.54, 1.807) is 0 Å². The van der Waals surface area contributed by atoms with E-state index in [1.807, 2.05) is 0 Å². The van der Waals surface area contributed by atoms with Gasteiger partial charge in [-0.05, 0) is 42.2 Å². The lowest BCUT2D eigenvalue weighted by Gasteiger charge is -2.37. The van der Waals surface area contributed by atoms with Gasteiger partial charge in [0.1, 0.15) is 11.4 Å². The summed E-state index contributed by atoms with van der Waals surface area (Å²) in [7, 11) is 1.41. The fraction of sp³-hybridized carbons (Fsp3) is 0.444. The minimum atomic E-state index is -0.579. The van der Waals surface area contributed by atoms with Crippen LogP contribution in [-0.2, 0) is 9.59 Å². The third-order valence-corrected chi connectivity index (χ3v) is 6.28. The Morgan fingerprint density at radius 1 is 1.12 bits per heavy atom. The molecule has 7 heteroatoms. The number of carbonyl (C=O) groups excluding carboxylic acids is 2. The SMILES string of the molecule is COc1ccc(N2C(=O)[C@@H]3[C@H]4C=C[C@@H]([C@@H]5C[C@H]45)[C@H]3C2=O)c([N+](=O)[O-])c1. The number of nitrogens with zero attached hydrogens (tertiary/aromatic N) is 2. The highest BCUT2D eigenvalue weighted by Gasteiger charge is 2.67. The van der Waals surface area contributed by atoms with Crippen LogP contribution in [0, 0.1) is 45.6 Å². The first-order valence-corrected chi connectivity index (χ1v) is 8.41. The molecule has 4 aliphatic carbocycles. The fourth-order valence-corrected chi connectivity index (χ4v) is 5.16. The molecule has 3 fully saturated rings. The molecular weight excluding hydrogens is 324 g/mol. The number of anilines is 1. The Morgan fingerprint density at radius 3 is 2.24 bits per heavy atom. The van der Waals surface area contributed by atoms with E-state index in [9.17, 15) is 19.7 Å². The summed E-state index contributed by atoms with van der Waals surface area (Å²) >= 11 is 0. The maximum absolute atomic E-state index is 13.1. The number of ether oxygens (including phenoxy) is 1. The van der Waals surface area contributed by atoms with Crippen LogP contribution >= 0.6 is 0 Å². The molecule has 2 amide bonds. The molecule has 0 aromatic heterocycles. The van der Waals surface area contributed by atoms with Crippen molar-refractivity contribution in [1.82, 2.24) is 0 Å². The predicted octanol–water partition coefficient (Wildman–Crippen LogP) is 2.16. The lowest BCUT2D eigenvalue weighted by atomic mass is 9.63. The van der Waals surface area contributed by atoms with Crippen molar-refractivity contribution >= 4 is 23.2 Å². The predicted molar refractivity (Wildman–Crippen MR) is 86.8 cm³/mol. The minimum absolute atomic E-state index is 0.0447. The zero-order valence-corrected chi connectivity index (χ0v) is 13.5. The molecule has 0 spiro atoms. The van der Waals surface area contributed by atoms with Crippen LogP contribution in [0.2, 0.25) is 0 Å². The number of nitro benzene ring substituents is 1. The zero-order chi connectivity index (χ0) is 17.5. The Bertz CT molecular complexity index is 827. The van der Waals surface area contributed by atoms with Gasteiger partial charge in [0.15, 0.2) is 0 Å². The van der Waals surface area contributed by atoms with Crippen molar-refractivity contribution < 1.29 is 19.2 Å². The quantitative estimate of drug-likeness (QED) is 0.364. The van der Waals surface area contributed by atoms with Crippen LogP contribution in [0.25, 0.3) is 0 Å². The summed E-state index contributed by atoms with van der Waals surface area (Å²) in [5.41, 5.74) is -0.242. The number of allylic oxidation sites excluding steroid dienone is 2. The third kappa shape index (κ3) is 1.75. The van der Waals surface area contributed by atoms with E-state index in [1.165, 1.54) is 25.3 Å². The molecule has 0 N–H and O–H groups in total. The van der Waals surface area contributed by atoms with Crippen molar-refractivity contribution in [2.24, 2.45) is 35.5 Å². The monoisotopic (exact) mass is 340 g/mol. The van der Waals surface area contributed by atoms with Crippen LogP contribution in [0.15, 0.2) is 30.4 Å². The Morgan fingerprint density at radius 2 is 1.72 bits per heavy atom. The van der Waals surface area contributed by atoms with Gasteiger partial charge < -0.3 is 4.74 Å². The van der Waals surface area contributed by atoms with Gasteiger partial charge in [-0.2, -0.15) is 0 Å². The number of methoxy groups -OCH3 is 1. The van der Waals surface area contributed by atoms with Crippen LogP contribution in [0.5, 0.6) is 5.75 Å². The number of nitro groups is 1. The second-order valence-corrected chi connectivity index (χ2v) is 7.28. The molecule has 2 saturated carbocycles. The summed E-state index contributed by atoms with van der Waals surface area (Å²) in [6, 6.07) is 4.22. The highest BCUT2D eigenvalue weighted by Crippen LogP contribution is 2.65. The summed E-state index contributed by atoms with van der Waals surface area (Å²) in [6.45, 7) is 0. The topological polar surface area (TPSA) is 89.8 Å². The molecular formula is C18H16N2O5. The van der Waals surface area contributed by atoms with Gasteiger partial charge in [-0.3, -0.25) is 19.7 Å². The van der Waals surface area contributed by atoms with Crippen LogP contribution in [0.3, 0.4) is 0 Å². The molecule has 1 saturated heterocycles. The normalized spacial score (nSPS) is 37.1. The summed E-state index contributed by atoms with van der Waals surface area (Å²) in [4.78, 5) is 38.0. The van der Waals surface area contributed by atoms with Crippen molar-refractivity contribution in [1.29, 1.82) is 0 Å². The average Bonchev–Trinajstić information content (AvgIpc) is 3.39. The third-order valence-electron chi connectivity index (χ3n) is 6.28. The minimum Gasteiger partial charge on any atom is -0.496 e. The van der Waals surface area contributed by atoms with Crippen molar-refractivity contribution in [3.05, 3.63) is 40.5 Å². The van der Waals surface area contributed by atoms with Gasteiger partial charge in [-0.1, -0.05) is 12.2 Å². The number of hydrogen-bond donors (Lipinski definition) is 0. The van der Waals surface area contributed by atoms with Gasteiger partial charge in [0.2, 0.25) is 11.8 Å². The highest BCUT2D eigenvalue weighted by molar-refractivity contribution is 6.23. The molecule has 5 aliphatic rings. The molecule has 0 unspecified atom stereocenters. The second-order valence-electron chi connectivity index (χ2n) is 7.28. The summed E-state index contributed by atoms with van der Waals surface area (Å²) < 4.78 is 5.03. The molecule has 0 radical (unpaired) electrons. The summed E-state index contributed by atoms with van der Waals surface area (Å²) in [6.07, 6.45) is 5.24. The van der Waals surface area contributed by atoms with E-state index in [0.717, 1.165) is 11.3 Å². The van der Waals surface area contributed by atoms with Crippen LogP contribution in [-0.4, -0.2) is 23.8 Å². The standard InChI is InChI=1S/C18H16N2O5/c1-25-8-2-5-13(14(6-8)20(23)24)19-17(21)15-9-3-4-10(12-7-11(9)12)16(15)18(19)22/h2-6,9-12,15-16H,7H2,1H3/t9-,10-,11-,12+,15+,16+/m0/s1. The Labute approximate surface area is 143 Å². The molecule has 1 aromatic rings. The average molecular weight is 340 g/mol. The van der Waals surface area contributed by atoms with Gasteiger partial charge in [-0.25, -0.2) is 4.90 Å². The smallest absolute Gasteiger partial charge is 0.297 e. The van der Waals surface area contributed by atoms with Crippen LogP contribution in [0.4, 0.5) is 11.4 Å². The highest BCUT2D eigenvalue weighted by atomic mass is 16.6. The number of amides is 2. The Kier molecular flexibility index (Phi) is 2.74.